The van der Waals surface area contributed by atoms with Gasteiger partial charge in [-0.3, -0.25) is 0 Å². The molecule has 8 nitrogen and oxygen atoms in total. The molecule has 0 radical (unpaired) electrons. The van der Waals surface area contributed by atoms with E-state index in [0.29, 0.717) is 18.3 Å². The Morgan fingerprint density at radius 2 is 1.77 bits per heavy atom. The second-order valence-electron chi connectivity index (χ2n) is 7.59. The van der Waals surface area contributed by atoms with Crippen molar-refractivity contribution in [2.45, 2.75) is 25.5 Å². The lowest BCUT2D eigenvalue weighted by atomic mass is 10.0. The maximum atomic E-state index is 5.66. The summed E-state index contributed by atoms with van der Waals surface area (Å²) in [5, 5.41) is 15.3. The van der Waals surface area contributed by atoms with Gasteiger partial charge in [0, 0.05) is 36.4 Å². The fourth-order valence-corrected chi connectivity index (χ4v) is 4.15. The Kier molecular flexibility index (Phi) is 4.99. The van der Waals surface area contributed by atoms with Gasteiger partial charge >= 0.3 is 0 Å². The summed E-state index contributed by atoms with van der Waals surface area (Å²) in [6, 6.07) is 15.9. The second-order valence-corrected chi connectivity index (χ2v) is 7.59. The highest BCUT2D eigenvalue weighted by molar-refractivity contribution is 6.00. The number of benzene rings is 2. The summed E-state index contributed by atoms with van der Waals surface area (Å²) in [6.45, 7) is 2.49. The van der Waals surface area contributed by atoms with Crippen molar-refractivity contribution < 1.29 is 14.0 Å². The van der Waals surface area contributed by atoms with Gasteiger partial charge in [0.05, 0.1) is 13.2 Å². The summed E-state index contributed by atoms with van der Waals surface area (Å²) in [5.41, 5.74) is 1.81. The third kappa shape index (κ3) is 3.48. The highest BCUT2D eigenvalue weighted by Gasteiger charge is 2.38. The van der Waals surface area contributed by atoms with Crippen LogP contribution in [0, 0.1) is 6.92 Å². The van der Waals surface area contributed by atoms with Crippen LogP contribution in [-0.4, -0.2) is 47.2 Å². The van der Waals surface area contributed by atoms with Crippen LogP contribution in [0.25, 0.3) is 22.0 Å². The molecule has 2 aromatic carbocycles. The predicted octanol–water partition coefficient (Wildman–Crippen LogP) is 3.96. The number of ether oxygens (including phenoxy) is 2. The summed E-state index contributed by atoms with van der Waals surface area (Å²) in [6.07, 6.45) is 0.785. The van der Waals surface area contributed by atoms with Gasteiger partial charge in [-0.1, -0.05) is 29.4 Å². The molecule has 0 amide bonds. The molecule has 2 unspecified atom stereocenters. The molecular weight excluding hydrogens is 394 g/mol. The Morgan fingerprint density at radius 1 is 1.00 bits per heavy atom. The molecule has 8 heteroatoms. The van der Waals surface area contributed by atoms with Crippen molar-refractivity contribution in [2.75, 3.05) is 25.7 Å². The zero-order valence-corrected chi connectivity index (χ0v) is 17.6. The van der Waals surface area contributed by atoms with Crippen molar-refractivity contribution in [3.8, 4) is 17.0 Å². The van der Waals surface area contributed by atoms with Crippen molar-refractivity contribution in [1.82, 2.24) is 20.3 Å². The molecule has 0 N–H and O–H groups in total. The van der Waals surface area contributed by atoms with Crippen molar-refractivity contribution in [3.63, 3.8) is 0 Å². The zero-order valence-electron chi connectivity index (χ0n) is 17.6. The van der Waals surface area contributed by atoms with Gasteiger partial charge in [0.25, 0.3) is 0 Å². The van der Waals surface area contributed by atoms with E-state index in [-0.39, 0.29) is 12.1 Å². The first-order valence-corrected chi connectivity index (χ1v) is 10.2. The fourth-order valence-electron chi connectivity index (χ4n) is 4.15. The van der Waals surface area contributed by atoms with Crippen molar-refractivity contribution in [1.29, 1.82) is 0 Å². The summed E-state index contributed by atoms with van der Waals surface area (Å²) in [4.78, 5) is 6.62. The van der Waals surface area contributed by atoms with E-state index >= 15 is 0 Å². The topological polar surface area (TPSA) is 86.4 Å². The molecule has 31 heavy (non-hydrogen) atoms. The number of rotatable bonds is 5. The molecule has 5 rings (SSSR count). The number of aryl methyl sites for hydroxylation is 1. The monoisotopic (exact) mass is 417 g/mol. The molecule has 158 valence electrons. The van der Waals surface area contributed by atoms with Gasteiger partial charge in [-0.05, 0) is 31.2 Å². The Balaban J connectivity index is 1.61. The van der Waals surface area contributed by atoms with Gasteiger partial charge in [-0.2, -0.15) is 4.98 Å². The van der Waals surface area contributed by atoms with Crippen molar-refractivity contribution in [2.24, 2.45) is 0 Å². The van der Waals surface area contributed by atoms with Gasteiger partial charge in [0.15, 0.2) is 11.6 Å². The number of nitrogens with zero attached hydrogens (tertiary/aromatic N) is 5. The molecule has 3 heterocycles. The first-order valence-electron chi connectivity index (χ1n) is 10.2. The lowest BCUT2D eigenvalue weighted by Crippen LogP contribution is -2.26. The van der Waals surface area contributed by atoms with Crippen LogP contribution in [-0.2, 0) is 4.74 Å². The minimum absolute atomic E-state index is 0.0408. The lowest BCUT2D eigenvalue weighted by molar-refractivity contribution is 0.117. The zero-order chi connectivity index (χ0) is 21.4. The molecule has 1 saturated heterocycles. The molecule has 1 aliphatic rings. The van der Waals surface area contributed by atoms with Crippen LogP contribution in [0.3, 0.4) is 0 Å². The number of aromatic nitrogens is 4. The SMILES string of the molecule is COc1ccc(-c2nnc(N3CC(OC)CC3c3nc(C)no3)c3ccccc23)cc1. The Labute approximate surface area is 179 Å². The standard InChI is InChI=1S/C23H23N5O3/c1-14-24-23(31-27-14)20-12-17(30-3)13-28(20)22-19-7-5-4-6-18(19)21(25-26-22)15-8-10-16(29-2)11-9-15/h4-11,17,20H,12-13H2,1-3H3. The maximum absolute atomic E-state index is 5.66. The van der Waals surface area contributed by atoms with Gasteiger partial charge in [0.2, 0.25) is 5.89 Å². The quantitative estimate of drug-likeness (QED) is 0.482. The highest BCUT2D eigenvalue weighted by atomic mass is 16.5. The van der Waals surface area contributed by atoms with Crippen molar-refractivity contribution >= 4 is 16.6 Å². The fraction of sp³-hybridized carbons (Fsp3) is 0.304. The van der Waals surface area contributed by atoms with E-state index in [1.54, 1.807) is 14.2 Å². The second kappa shape index (κ2) is 7.96. The molecular formula is C23H23N5O3. The van der Waals surface area contributed by atoms with Gasteiger partial charge in [-0.25, -0.2) is 0 Å². The number of fused-ring (bicyclic) bond motifs is 1. The van der Waals surface area contributed by atoms with Crippen LogP contribution < -0.4 is 9.64 Å². The Bertz CT molecular complexity index is 1210. The van der Waals surface area contributed by atoms with E-state index in [0.717, 1.165) is 40.0 Å². The van der Waals surface area contributed by atoms with Gasteiger partial charge in [0.1, 0.15) is 17.5 Å². The summed E-state index contributed by atoms with van der Waals surface area (Å²) in [5.74, 6) is 2.77. The molecule has 0 saturated carbocycles. The first-order chi connectivity index (χ1) is 15.2. The normalized spacial score (nSPS) is 18.6. The summed E-state index contributed by atoms with van der Waals surface area (Å²) < 4.78 is 16.4. The first kappa shape index (κ1) is 19.4. The predicted molar refractivity (Wildman–Crippen MR) is 116 cm³/mol. The van der Waals surface area contributed by atoms with E-state index in [4.69, 9.17) is 14.0 Å². The van der Waals surface area contributed by atoms with Crippen LogP contribution in [0.2, 0.25) is 0 Å². The molecule has 4 aromatic rings. The highest BCUT2D eigenvalue weighted by Crippen LogP contribution is 2.40. The molecule has 1 aliphatic heterocycles. The number of anilines is 1. The molecule has 1 fully saturated rings. The largest absolute Gasteiger partial charge is 0.497 e. The smallest absolute Gasteiger partial charge is 0.249 e. The van der Waals surface area contributed by atoms with Gasteiger partial charge < -0.3 is 18.9 Å². The van der Waals surface area contributed by atoms with E-state index in [1.165, 1.54) is 0 Å². The van der Waals surface area contributed by atoms with Crippen LogP contribution in [0.4, 0.5) is 5.82 Å². The van der Waals surface area contributed by atoms with Crippen LogP contribution in [0.1, 0.15) is 24.2 Å². The average Bonchev–Trinajstić information content (AvgIpc) is 3.44. The van der Waals surface area contributed by atoms with E-state index in [2.05, 4.69) is 37.4 Å². The molecule has 2 aromatic heterocycles. The number of hydrogen-bond donors (Lipinski definition) is 0. The maximum Gasteiger partial charge on any atom is 0.249 e. The third-order valence-electron chi connectivity index (χ3n) is 5.73. The van der Waals surface area contributed by atoms with Crippen LogP contribution in [0.15, 0.2) is 53.1 Å². The minimum Gasteiger partial charge on any atom is -0.497 e. The minimum atomic E-state index is -0.115. The Morgan fingerprint density at radius 3 is 2.45 bits per heavy atom. The van der Waals surface area contributed by atoms with Crippen LogP contribution >= 0.6 is 0 Å². The summed E-state index contributed by atoms with van der Waals surface area (Å²) in [7, 11) is 3.38. The molecule has 0 spiro atoms. The number of methoxy groups -OCH3 is 2. The number of hydrogen-bond acceptors (Lipinski definition) is 8. The third-order valence-corrected chi connectivity index (χ3v) is 5.73. The summed E-state index contributed by atoms with van der Waals surface area (Å²) >= 11 is 0. The Hall–Kier alpha value is -3.52. The average molecular weight is 417 g/mol. The van der Waals surface area contributed by atoms with E-state index < -0.39 is 0 Å². The lowest BCUT2D eigenvalue weighted by Gasteiger charge is -2.24. The molecule has 0 bridgehead atoms. The van der Waals surface area contributed by atoms with E-state index in [1.807, 2.05) is 43.3 Å². The van der Waals surface area contributed by atoms with Crippen LogP contribution in [0.5, 0.6) is 5.75 Å². The molecule has 0 aliphatic carbocycles. The van der Waals surface area contributed by atoms with Gasteiger partial charge in [-0.15, -0.1) is 10.2 Å². The van der Waals surface area contributed by atoms with Crippen molar-refractivity contribution in [3.05, 3.63) is 60.2 Å². The van der Waals surface area contributed by atoms with E-state index in [9.17, 15) is 0 Å². The molecule has 2 atom stereocenters.